The summed E-state index contributed by atoms with van der Waals surface area (Å²) in [6.45, 7) is 4.36. The Balaban J connectivity index is 1.66. The molecule has 6 nitrogen and oxygen atoms in total. The minimum Gasteiger partial charge on any atom is -0.467 e. The topological polar surface area (TPSA) is 80.7 Å². The minimum atomic E-state index is -0.127. The predicted octanol–water partition coefficient (Wildman–Crippen LogP) is 1.41. The second-order valence-corrected chi connectivity index (χ2v) is 6.28. The fourth-order valence-corrected chi connectivity index (χ4v) is 3.03. The second kappa shape index (κ2) is 8.80. The third-order valence-corrected chi connectivity index (χ3v) is 4.36. The molecule has 2 aromatic rings. The van der Waals surface area contributed by atoms with Crippen LogP contribution >= 0.6 is 0 Å². The lowest BCUT2D eigenvalue weighted by atomic mass is 10.0. The summed E-state index contributed by atoms with van der Waals surface area (Å²) >= 11 is 0. The van der Waals surface area contributed by atoms with Crippen LogP contribution in [0.2, 0.25) is 0 Å². The Kier molecular flexibility index (Phi) is 6.22. The van der Waals surface area contributed by atoms with Crippen LogP contribution in [0.15, 0.2) is 47.1 Å². The number of amides is 1. The van der Waals surface area contributed by atoms with Gasteiger partial charge in [-0.05, 0) is 18.1 Å². The quantitative estimate of drug-likeness (QED) is 0.794. The normalized spacial score (nSPS) is 16.5. The lowest BCUT2D eigenvalue weighted by Crippen LogP contribution is -2.48. The molecule has 2 heterocycles. The number of furan rings is 1. The van der Waals surface area contributed by atoms with E-state index in [2.05, 4.69) is 22.3 Å². The van der Waals surface area contributed by atoms with E-state index in [-0.39, 0.29) is 18.5 Å². The molecule has 1 aliphatic rings. The fraction of sp³-hybridized carbons (Fsp3) is 0.421. The van der Waals surface area contributed by atoms with Crippen molar-refractivity contribution in [3.05, 3.63) is 59.5 Å². The average Bonchev–Trinajstić information content (AvgIpc) is 3.13. The lowest BCUT2D eigenvalue weighted by Gasteiger charge is -2.31. The third-order valence-electron chi connectivity index (χ3n) is 4.36. The van der Waals surface area contributed by atoms with Gasteiger partial charge in [0.15, 0.2) is 0 Å². The molecule has 0 radical (unpaired) electrons. The molecule has 1 atom stereocenters. The van der Waals surface area contributed by atoms with E-state index in [0.717, 1.165) is 39.3 Å². The summed E-state index contributed by atoms with van der Waals surface area (Å²) in [5.74, 6) is 0.482. The Bertz CT molecular complexity index is 666. The molecule has 3 rings (SSSR count). The maximum atomic E-state index is 12.6. The number of rotatable bonds is 7. The summed E-state index contributed by atoms with van der Waals surface area (Å²) in [5.41, 5.74) is 7.27. The highest BCUT2D eigenvalue weighted by atomic mass is 16.5. The zero-order valence-electron chi connectivity index (χ0n) is 14.3. The van der Waals surface area contributed by atoms with E-state index in [1.807, 2.05) is 18.2 Å². The number of carbonyl (C=O) groups excluding carboxylic acids is 1. The molecule has 134 valence electrons. The maximum Gasteiger partial charge on any atom is 0.254 e. The number of nitrogens with two attached hydrogens (primary N) is 1. The largest absolute Gasteiger partial charge is 0.467 e. The van der Waals surface area contributed by atoms with Gasteiger partial charge in [-0.1, -0.05) is 30.3 Å². The summed E-state index contributed by atoms with van der Waals surface area (Å²) in [5, 5.41) is 3.14. The highest BCUT2D eigenvalue weighted by Gasteiger charge is 2.20. The van der Waals surface area contributed by atoms with E-state index >= 15 is 0 Å². The van der Waals surface area contributed by atoms with Crippen molar-refractivity contribution in [2.45, 2.75) is 19.0 Å². The fourth-order valence-electron chi connectivity index (χ4n) is 3.03. The molecule has 0 bridgehead atoms. The first-order valence-corrected chi connectivity index (χ1v) is 8.67. The second-order valence-electron chi connectivity index (χ2n) is 6.28. The molecule has 1 fully saturated rings. The van der Waals surface area contributed by atoms with Crippen molar-refractivity contribution in [2.75, 3.05) is 32.8 Å². The van der Waals surface area contributed by atoms with Gasteiger partial charge < -0.3 is 20.2 Å². The number of ether oxygens (including phenoxy) is 1. The van der Waals surface area contributed by atoms with Crippen molar-refractivity contribution in [3.8, 4) is 0 Å². The van der Waals surface area contributed by atoms with Gasteiger partial charge in [0.2, 0.25) is 0 Å². The van der Waals surface area contributed by atoms with Gasteiger partial charge in [-0.15, -0.1) is 0 Å². The molecular weight excluding hydrogens is 318 g/mol. The van der Waals surface area contributed by atoms with Gasteiger partial charge in [0, 0.05) is 25.7 Å². The smallest absolute Gasteiger partial charge is 0.254 e. The Morgan fingerprint density at radius 1 is 1.24 bits per heavy atom. The molecule has 6 heteroatoms. The van der Waals surface area contributed by atoms with Crippen LogP contribution in [-0.4, -0.2) is 49.7 Å². The number of nitrogens with one attached hydrogen (secondary N) is 1. The van der Waals surface area contributed by atoms with Crippen molar-refractivity contribution in [3.63, 3.8) is 0 Å². The van der Waals surface area contributed by atoms with Crippen LogP contribution in [0.1, 0.15) is 21.7 Å². The zero-order valence-corrected chi connectivity index (χ0v) is 14.3. The highest BCUT2D eigenvalue weighted by Crippen LogP contribution is 2.10. The third kappa shape index (κ3) is 5.16. The van der Waals surface area contributed by atoms with E-state index in [4.69, 9.17) is 14.9 Å². The number of hydrogen-bond donors (Lipinski definition) is 2. The van der Waals surface area contributed by atoms with Crippen molar-refractivity contribution in [1.29, 1.82) is 0 Å². The lowest BCUT2D eigenvalue weighted by molar-refractivity contribution is 0.0333. The maximum absolute atomic E-state index is 12.6. The van der Waals surface area contributed by atoms with Crippen LogP contribution in [0.5, 0.6) is 0 Å². The van der Waals surface area contributed by atoms with E-state index in [1.54, 1.807) is 6.07 Å². The van der Waals surface area contributed by atoms with Crippen molar-refractivity contribution >= 4 is 5.91 Å². The highest BCUT2D eigenvalue weighted by molar-refractivity contribution is 5.94. The van der Waals surface area contributed by atoms with Crippen LogP contribution in [0.4, 0.5) is 0 Å². The standard InChI is InChI=1S/C19H25N3O3/c20-12-18-11-16(14-25-18)19(23)21-17(10-15-4-2-1-3-5-15)13-22-6-8-24-9-7-22/h1-5,11,14,17H,6-10,12-13,20H2,(H,21,23). The molecule has 1 aliphatic heterocycles. The Hall–Kier alpha value is -2.15. The molecular formula is C19H25N3O3. The monoisotopic (exact) mass is 343 g/mol. The van der Waals surface area contributed by atoms with Gasteiger partial charge in [0.05, 0.1) is 25.3 Å². The van der Waals surface area contributed by atoms with Gasteiger partial charge in [-0.2, -0.15) is 0 Å². The van der Waals surface area contributed by atoms with Gasteiger partial charge in [0.25, 0.3) is 5.91 Å². The number of hydrogen-bond acceptors (Lipinski definition) is 5. The number of carbonyl (C=O) groups is 1. The van der Waals surface area contributed by atoms with Crippen LogP contribution in [0, 0.1) is 0 Å². The van der Waals surface area contributed by atoms with Gasteiger partial charge in [-0.25, -0.2) is 0 Å². The summed E-state index contributed by atoms with van der Waals surface area (Å²) in [4.78, 5) is 14.9. The van der Waals surface area contributed by atoms with Crippen molar-refractivity contribution < 1.29 is 13.9 Å². The Labute approximate surface area is 147 Å². The average molecular weight is 343 g/mol. The van der Waals surface area contributed by atoms with E-state index in [9.17, 15) is 4.79 Å². The Morgan fingerprint density at radius 2 is 2.00 bits per heavy atom. The van der Waals surface area contributed by atoms with Crippen LogP contribution < -0.4 is 11.1 Å². The number of morpholine rings is 1. The first kappa shape index (κ1) is 17.7. The first-order chi connectivity index (χ1) is 12.2. The van der Waals surface area contributed by atoms with Crippen LogP contribution in [-0.2, 0) is 17.7 Å². The van der Waals surface area contributed by atoms with Crippen molar-refractivity contribution in [2.24, 2.45) is 5.73 Å². The number of nitrogens with zero attached hydrogens (tertiary/aromatic N) is 1. The molecule has 0 aliphatic carbocycles. The van der Waals surface area contributed by atoms with E-state index < -0.39 is 0 Å². The van der Waals surface area contributed by atoms with Crippen LogP contribution in [0.3, 0.4) is 0 Å². The molecule has 0 saturated carbocycles. The molecule has 1 amide bonds. The molecule has 1 saturated heterocycles. The molecule has 1 aromatic heterocycles. The first-order valence-electron chi connectivity index (χ1n) is 8.67. The summed E-state index contributed by atoms with van der Waals surface area (Å²) in [6, 6.07) is 11.9. The molecule has 3 N–H and O–H groups in total. The molecule has 1 unspecified atom stereocenters. The Morgan fingerprint density at radius 3 is 2.68 bits per heavy atom. The summed E-state index contributed by atoms with van der Waals surface area (Å²) < 4.78 is 10.7. The summed E-state index contributed by atoms with van der Waals surface area (Å²) in [7, 11) is 0. The molecule has 0 spiro atoms. The molecule has 1 aromatic carbocycles. The van der Waals surface area contributed by atoms with Crippen molar-refractivity contribution in [1.82, 2.24) is 10.2 Å². The SMILES string of the molecule is NCc1cc(C(=O)NC(Cc2ccccc2)CN2CCOCC2)co1. The van der Waals surface area contributed by atoms with Crippen LogP contribution in [0.25, 0.3) is 0 Å². The van der Waals surface area contributed by atoms with E-state index in [0.29, 0.717) is 11.3 Å². The number of benzene rings is 1. The predicted molar refractivity (Wildman–Crippen MR) is 95.3 cm³/mol. The van der Waals surface area contributed by atoms with Gasteiger partial charge in [-0.3, -0.25) is 9.69 Å². The summed E-state index contributed by atoms with van der Waals surface area (Å²) in [6.07, 6.45) is 2.25. The van der Waals surface area contributed by atoms with Gasteiger partial charge in [0.1, 0.15) is 12.0 Å². The van der Waals surface area contributed by atoms with Gasteiger partial charge >= 0.3 is 0 Å². The molecule has 25 heavy (non-hydrogen) atoms. The zero-order chi connectivity index (χ0) is 17.5. The van der Waals surface area contributed by atoms with E-state index in [1.165, 1.54) is 11.8 Å². The minimum absolute atomic E-state index is 0.0178.